The lowest BCUT2D eigenvalue weighted by molar-refractivity contribution is 0.280. The van der Waals surface area contributed by atoms with Gasteiger partial charge in [0.15, 0.2) is 0 Å². The van der Waals surface area contributed by atoms with Crippen molar-refractivity contribution in [2.75, 3.05) is 32.5 Å². The molecule has 3 nitrogen and oxygen atoms in total. The molecule has 0 aliphatic carbocycles. The van der Waals surface area contributed by atoms with Gasteiger partial charge in [-0.3, -0.25) is 0 Å². The average molecular weight is 264 g/mol. The molecule has 1 rings (SSSR count). The lowest BCUT2D eigenvalue weighted by Crippen LogP contribution is -2.25. The minimum absolute atomic E-state index is 0.735. The molecule has 0 saturated carbocycles. The number of rotatable bonds is 9. The van der Waals surface area contributed by atoms with Crippen molar-refractivity contribution in [1.29, 1.82) is 0 Å². The third kappa shape index (κ3) is 5.52. The second kappa shape index (κ2) is 8.81. The van der Waals surface area contributed by atoms with E-state index in [0.29, 0.717) is 0 Å². The Morgan fingerprint density at radius 3 is 2.47 bits per heavy atom. The Hall–Kier alpha value is -1.22. The van der Waals surface area contributed by atoms with Crippen LogP contribution in [0.25, 0.3) is 0 Å². The zero-order valence-corrected chi connectivity index (χ0v) is 12.6. The number of aryl methyl sites for hydroxylation is 1. The van der Waals surface area contributed by atoms with Gasteiger partial charge in [0.25, 0.3) is 0 Å². The molecule has 0 atom stereocenters. The van der Waals surface area contributed by atoms with Gasteiger partial charge in [0.2, 0.25) is 0 Å². The molecule has 2 N–H and O–H groups in total. The first kappa shape index (κ1) is 15.8. The number of methoxy groups -OCH3 is 1. The molecular weight excluding hydrogens is 236 g/mol. The molecule has 0 aliphatic heterocycles. The van der Waals surface area contributed by atoms with Gasteiger partial charge in [-0.1, -0.05) is 26.3 Å². The second-order valence-electron chi connectivity index (χ2n) is 4.97. The molecule has 0 saturated heterocycles. The molecule has 0 heterocycles. The van der Waals surface area contributed by atoms with Crippen molar-refractivity contribution < 1.29 is 4.74 Å². The molecule has 0 bridgehead atoms. The Labute approximate surface area is 117 Å². The monoisotopic (exact) mass is 264 g/mol. The van der Waals surface area contributed by atoms with Crippen LogP contribution in [0.4, 0.5) is 5.69 Å². The van der Waals surface area contributed by atoms with Crippen LogP contribution in [0.3, 0.4) is 0 Å². The number of nitrogen functional groups attached to an aromatic ring is 1. The van der Waals surface area contributed by atoms with Crippen molar-refractivity contribution >= 4 is 5.69 Å². The van der Waals surface area contributed by atoms with E-state index in [9.17, 15) is 0 Å². The number of benzene rings is 1. The average Bonchev–Trinajstić information content (AvgIpc) is 2.42. The summed E-state index contributed by atoms with van der Waals surface area (Å²) >= 11 is 0. The first-order chi connectivity index (χ1) is 9.21. The Bertz CT molecular complexity index is 366. The van der Waals surface area contributed by atoms with Crippen molar-refractivity contribution in [3.8, 4) is 5.75 Å². The van der Waals surface area contributed by atoms with E-state index in [1.165, 1.54) is 37.9 Å². The maximum atomic E-state index is 5.92. The first-order valence-electron chi connectivity index (χ1n) is 7.36. The highest BCUT2D eigenvalue weighted by Crippen LogP contribution is 2.22. The highest BCUT2D eigenvalue weighted by Gasteiger charge is 2.03. The standard InChI is InChI=1S/C16H28N2O/c1-4-6-11-18(5-2)12-7-8-14-9-10-16(19-3)15(17)13-14/h9-10,13H,4-8,11-12,17H2,1-3H3. The fraction of sp³-hybridized carbons (Fsp3) is 0.625. The Kier molecular flexibility index (Phi) is 7.34. The summed E-state index contributed by atoms with van der Waals surface area (Å²) < 4.78 is 5.17. The predicted molar refractivity (Wildman–Crippen MR) is 82.7 cm³/mol. The van der Waals surface area contributed by atoms with Gasteiger partial charge in [0.1, 0.15) is 5.75 Å². The van der Waals surface area contributed by atoms with Gasteiger partial charge in [0, 0.05) is 0 Å². The normalized spacial score (nSPS) is 10.9. The van der Waals surface area contributed by atoms with Gasteiger partial charge in [-0.25, -0.2) is 0 Å². The predicted octanol–water partition coefficient (Wildman–Crippen LogP) is 3.33. The third-order valence-electron chi connectivity index (χ3n) is 3.51. The molecule has 1 aromatic carbocycles. The molecule has 0 aliphatic rings. The van der Waals surface area contributed by atoms with E-state index in [-0.39, 0.29) is 0 Å². The fourth-order valence-corrected chi connectivity index (χ4v) is 2.26. The lowest BCUT2D eigenvalue weighted by atomic mass is 10.1. The Balaban J connectivity index is 2.37. The Morgan fingerprint density at radius 2 is 1.89 bits per heavy atom. The van der Waals surface area contributed by atoms with E-state index in [0.717, 1.165) is 24.4 Å². The van der Waals surface area contributed by atoms with Gasteiger partial charge in [-0.2, -0.15) is 0 Å². The summed E-state index contributed by atoms with van der Waals surface area (Å²) in [7, 11) is 1.65. The molecule has 0 unspecified atom stereocenters. The fourth-order valence-electron chi connectivity index (χ4n) is 2.26. The van der Waals surface area contributed by atoms with Gasteiger partial charge in [-0.05, 0) is 56.6 Å². The zero-order chi connectivity index (χ0) is 14.1. The van der Waals surface area contributed by atoms with Crippen LogP contribution in [0.2, 0.25) is 0 Å². The van der Waals surface area contributed by atoms with Crippen molar-refractivity contribution in [3.05, 3.63) is 23.8 Å². The largest absolute Gasteiger partial charge is 0.495 e. The third-order valence-corrected chi connectivity index (χ3v) is 3.51. The van der Waals surface area contributed by atoms with E-state index in [4.69, 9.17) is 10.5 Å². The minimum Gasteiger partial charge on any atom is -0.495 e. The summed E-state index contributed by atoms with van der Waals surface area (Å²) in [6.07, 6.45) is 4.83. The van der Waals surface area contributed by atoms with E-state index >= 15 is 0 Å². The van der Waals surface area contributed by atoms with Crippen LogP contribution in [0.1, 0.15) is 38.7 Å². The molecule has 0 aromatic heterocycles. The van der Waals surface area contributed by atoms with E-state index in [1.807, 2.05) is 12.1 Å². The van der Waals surface area contributed by atoms with E-state index < -0.39 is 0 Å². The van der Waals surface area contributed by atoms with Crippen LogP contribution in [0.15, 0.2) is 18.2 Å². The summed E-state index contributed by atoms with van der Waals surface area (Å²) in [5, 5.41) is 0. The zero-order valence-electron chi connectivity index (χ0n) is 12.6. The molecule has 0 fully saturated rings. The number of nitrogens with zero attached hydrogens (tertiary/aromatic N) is 1. The number of anilines is 1. The van der Waals surface area contributed by atoms with Crippen molar-refractivity contribution in [2.24, 2.45) is 0 Å². The number of ether oxygens (including phenoxy) is 1. The summed E-state index contributed by atoms with van der Waals surface area (Å²) in [6, 6.07) is 6.10. The van der Waals surface area contributed by atoms with Crippen LogP contribution in [0, 0.1) is 0 Å². The topological polar surface area (TPSA) is 38.5 Å². The molecule has 0 amide bonds. The Morgan fingerprint density at radius 1 is 1.16 bits per heavy atom. The maximum absolute atomic E-state index is 5.92. The van der Waals surface area contributed by atoms with E-state index in [2.05, 4.69) is 24.8 Å². The van der Waals surface area contributed by atoms with E-state index in [1.54, 1.807) is 7.11 Å². The lowest BCUT2D eigenvalue weighted by Gasteiger charge is -2.19. The summed E-state index contributed by atoms with van der Waals surface area (Å²) in [5.41, 5.74) is 7.95. The molecule has 108 valence electrons. The van der Waals surface area contributed by atoms with Crippen molar-refractivity contribution in [1.82, 2.24) is 4.90 Å². The quantitative estimate of drug-likeness (QED) is 0.695. The summed E-state index contributed by atoms with van der Waals surface area (Å²) in [6.45, 7) is 8.01. The number of hydrogen-bond acceptors (Lipinski definition) is 3. The molecule has 0 spiro atoms. The highest BCUT2D eigenvalue weighted by atomic mass is 16.5. The van der Waals surface area contributed by atoms with Crippen LogP contribution >= 0.6 is 0 Å². The number of nitrogens with two attached hydrogens (primary N) is 1. The maximum Gasteiger partial charge on any atom is 0.141 e. The van der Waals surface area contributed by atoms with Gasteiger partial charge in [-0.15, -0.1) is 0 Å². The van der Waals surface area contributed by atoms with Crippen molar-refractivity contribution in [3.63, 3.8) is 0 Å². The molecule has 3 heteroatoms. The van der Waals surface area contributed by atoms with Gasteiger partial charge >= 0.3 is 0 Å². The second-order valence-corrected chi connectivity index (χ2v) is 4.97. The molecule has 1 aromatic rings. The molecular formula is C16H28N2O. The molecule has 0 radical (unpaired) electrons. The van der Waals surface area contributed by atoms with Crippen LogP contribution < -0.4 is 10.5 Å². The van der Waals surface area contributed by atoms with Crippen molar-refractivity contribution in [2.45, 2.75) is 39.5 Å². The first-order valence-corrected chi connectivity index (χ1v) is 7.36. The van der Waals surface area contributed by atoms with Gasteiger partial charge in [0.05, 0.1) is 12.8 Å². The SMILES string of the molecule is CCCCN(CC)CCCc1ccc(OC)c(N)c1. The number of unbranched alkanes of at least 4 members (excludes halogenated alkanes) is 1. The summed E-state index contributed by atoms with van der Waals surface area (Å²) in [4.78, 5) is 2.52. The van der Waals surface area contributed by atoms with Gasteiger partial charge < -0.3 is 15.4 Å². The molecule has 19 heavy (non-hydrogen) atoms. The highest BCUT2D eigenvalue weighted by molar-refractivity contribution is 5.54. The number of hydrogen-bond donors (Lipinski definition) is 1. The smallest absolute Gasteiger partial charge is 0.141 e. The van der Waals surface area contributed by atoms with Crippen LogP contribution in [0.5, 0.6) is 5.75 Å². The van der Waals surface area contributed by atoms with Crippen LogP contribution in [-0.4, -0.2) is 31.6 Å². The summed E-state index contributed by atoms with van der Waals surface area (Å²) in [5.74, 6) is 0.766. The van der Waals surface area contributed by atoms with Crippen LogP contribution in [-0.2, 0) is 6.42 Å². The minimum atomic E-state index is 0.735.